The first-order valence-corrected chi connectivity index (χ1v) is 5.36. The van der Waals surface area contributed by atoms with Gasteiger partial charge in [-0.15, -0.1) is 0 Å². The van der Waals surface area contributed by atoms with Crippen LogP contribution in [0.15, 0.2) is 0 Å². The highest BCUT2D eigenvalue weighted by atomic mass is 16.3. The first-order valence-electron chi connectivity index (χ1n) is 5.36. The molecule has 1 aliphatic rings. The lowest BCUT2D eigenvalue weighted by Gasteiger charge is -2.23. The predicted molar refractivity (Wildman–Crippen MR) is 58.3 cm³/mol. The lowest BCUT2D eigenvalue weighted by Crippen LogP contribution is -2.42. The van der Waals surface area contributed by atoms with Crippen molar-refractivity contribution in [3.63, 3.8) is 0 Å². The third kappa shape index (κ3) is 3.44. The maximum Gasteiger partial charge on any atom is 0.252 e. The number of carbonyl (C=O) groups is 1. The van der Waals surface area contributed by atoms with Crippen molar-refractivity contribution in [1.29, 1.82) is 0 Å². The molecule has 0 radical (unpaired) electrons. The summed E-state index contributed by atoms with van der Waals surface area (Å²) in [5.41, 5.74) is 5.24. The Morgan fingerprint density at radius 2 is 2.40 bits per heavy atom. The SMILES string of the molecule is CN1CCC(CN(C)C(=O)C(O)CN)C1. The molecule has 0 spiro atoms. The fraction of sp³-hybridized carbons (Fsp3) is 0.900. The number of hydrogen-bond acceptors (Lipinski definition) is 4. The molecule has 1 rings (SSSR count). The third-order valence-electron chi connectivity index (χ3n) is 2.91. The molecule has 1 aliphatic heterocycles. The average Bonchev–Trinajstić information content (AvgIpc) is 2.61. The summed E-state index contributed by atoms with van der Waals surface area (Å²) in [6.07, 6.45) is 0.0708. The molecule has 2 unspecified atom stereocenters. The van der Waals surface area contributed by atoms with Crippen LogP contribution in [0.1, 0.15) is 6.42 Å². The summed E-state index contributed by atoms with van der Waals surface area (Å²) in [5.74, 6) is 0.251. The Bertz CT molecular complexity index is 223. The molecule has 5 heteroatoms. The molecule has 0 bridgehead atoms. The fourth-order valence-electron chi connectivity index (χ4n) is 2.01. The van der Waals surface area contributed by atoms with Crippen LogP contribution in [0, 0.1) is 5.92 Å². The van der Waals surface area contributed by atoms with E-state index in [2.05, 4.69) is 11.9 Å². The summed E-state index contributed by atoms with van der Waals surface area (Å²) in [7, 11) is 3.80. The van der Waals surface area contributed by atoms with Crippen molar-refractivity contribution >= 4 is 5.91 Å². The normalized spacial score (nSPS) is 24.1. The minimum absolute atomic E-state index is 0.00621. The summed E-state index contributed by atoms with van der Waals surface area (Å²) in [6, 6.07) is 0. The minimum Gasteiger partial charge on any atom is -0.382 e. The number of hydrogen-bond donors (Lipinski definition) is 2. The Morgan fingerprint density at radius 1 is 1.73 bits per heavy atom. The second-order valence-corrected chi connectivity index (χ2v) is 4.39. The Labute approximate surface area is 90.8 Å². The molecule has 1 saturated heterocycles. The monoisotopic (exact) mass is 215 g/mol. The molecule has 5 nitrogen and oxygen atoms in total. The van der Waals surface area contributed by atoms with E-state index >= 15 is 0 Å². The smallest absolute Gasteiger partial charge is 0.252 e. The quantitative estimate of drug-likeness (QED) is 0.612. The summed E-state index contributed by atoms with van der Waals surface area (Å²) in [5, 5.41) is 9.30. The summed E-state index contributed by atoms with van der Waals surface area (Å²) in [4.78, 5) is 15.4. The number of likely N-dealkylation sites (tertiary alicyclic amines) is 1. The van der Waals surface area contributed by atoms with Crippen LogP contribution in [0.3, 0.4) is 0 Å². The Morgan fingerprint density at radius 3 is 2.87 bits per heavy atom. The van der Waals surface area contributed by atoms with Gasteiger partial charge >= 0.3 is 0 Å². The van der Waals surface area contributed by atoms with E-state index in [9.17, 15) is 9.90 Å². The van der Waals surface area contributed by atoms with E-state index < -0.39 is 6.10 Å². The van der Waals surface area contributed by atoms with Crippen molar-refractivity contribution in [2.45, 2.75) is 12.5 Å². The van der Waals surface area contributed by atoms with Gasteiger partial charge in [0, 0.05) is 26.7 Å². The van der Waals surface area contributed by atoms with Crippen LogP contribution in [0.25, 0.3) is 0 Å². The van der Waals surface area contributed by atoms with Gasteiger partial charge in [-0.25, -0.2) is 0 Å². The lowest BCUT2D eigenvalue weighted by atomic mass is 10.1. The summed E-state index contributed by atoms with van der Waals surface area (Å²) >= 11 is 0. The van der Waals surface area contributed by atoms with Gasteiger partial charge in [-0.3, -0.25) is 4.79 Å². The highest BCUT2D eigenvalue weighted by Gasteiger charge is 2.24. The third-order valence-corrected chi connectivity index (χ3v) is 2.91. The van der Waals surface area contributed by atoms with Gasteiger partial charge in [-0.1, -0.05) is 0 Å². The maximum atomic E-state index is 11.5. The highest BCUT2D eigenvalue weighted by molar-refractivity contribution is 5.80. The zero-order chi connectivity index (χ0) is 11.4. The van der Waals surface area contributed by atoms with Crippen molar-refractivity contribution in [3.05, 3.63) is 0 Å². The van der Waals surface area contributed by atoms with Crippen molar-refractivity contribution in [2.75, 3.05) is 40.3 Å². The van der Waals surface area contributed by atoms with Crippen LogP contribution in [0.5, 0.6) is 0 Å². The second kappa shape index (κ2) is 5.44. The van der Waals surface area contributed by atoms with E-state index in [1.165, 1.54) is 0 Å². The lowest BCUT2D eigenvalue weighted by molar-refractivity contribution is -0.138. The zero-order valence-corrected chi connectivity index (χ0v) is 9.52. The molecule has 0 aliphatic carbocycles. The van der Waals surface area contributed by atoms with Crippen molar-refractivity contribution in [3.8, 4) is 0 Å². The van der Waals surface area contributed by atoms with Crippen LogP contribution < -0.4 is 5.73 Å². The largest absolute Gasteiger partial charge is 0.382 e. The van der Waals surface area contributed by atoms with Crippen LogP contribution in [0.4, 0.5) is 0 Å². The highest BCUT2D eigenvalue weighted by Crippen LogP contribution is 2.15. The zero-order valence-electron chi connectivity index (χ0n) is 9.52. The first-order chi connectivity index (χ1) is 7.04. The molecule has 2 atom stereocenters. The van der Waals surface area contributed by atoms with Crippen LogP contribution >= 0.6 is 0 Å². The standard InChI is InChI=1S/C10H21N3O2/c1-12-4-3-8(6-12)7-13(2)10(15)9(14)5-11/h8-9,14H,3-7,11H2,1-2H3. The van der Waals surface area contributed by atoms with E-state index in [0.717, 1.165) is 19.5 Å². The second-order valence-electron chi connectivity index (χ2n) is 4.39. The van der Waals surface area contributed by atoms with Crippen molar-refractivity contribution in [2.24, 2.45) is 11.7 Å². The van der Waals surface area contributed by atoms with Gasteiger partial charge in [-0.05, 0) is 25.9 Å². The van der Waals surface area contributed by atoms with Crippen LogP contribution in [0.2, 0.25) is 0 Å². The summed E-state index contributed by atoms with van der Waals surface area (Å²) in [6.45, 7) is 2.82. The molecule has 88 valence electrons. The molecular formula is C10H21N3O2. The fourth-order valence-corrected chi connectivity index (χ4v) is 2.01. The molecule has 1 amide bonds. The maximum absolute atomic E-state index is 11.5. The average molecular weight is 215 g/mol. The number of nitrogens with two attached hydrogens (primary N) is 1. The van der Waals surface area contributed by atoms with Crippen molar-refractivity contribution < 1.29 is 9.90 Å². The van der Waals surface area contributed by atoms with Crippen molar-refractivity contribution in [1.82, 2.24) is 9.80 Å². The number of carbonyl (C=O) groups excluding carboxylic acids is 1. The molecule has 0 aromatic heterocycles. The minimum atomic E-state index is -1.05. The van der Waals surface area contributed by atoms with Gasteiger partial charge in [0.25, 0.3) is 5.91 Å². The number of amides is 1. The number of rotatable bonds is 4. The van der Waals surface area contributed by atoms with E-state index in [4.69, 9.17) is 5.73 Å². The molecule has 0 aromatic rings. The summed E-state index contributed by atoms with van der Waals surface area (Å²) < 4.78 is 0. The molecule has 0 saturated carbocycles. The van der Waals surface area contributed by atoms with Gasteiger partial charge in [0.05, 0.1) is 0 Å². The van der Waals surface area contributed by atoms with Gasteiger partial charge in [0.1, 0.15) is 6.10 Å². The Balaban J connectivity index is 2.35. The molecular weight excluding hydrogens is 194 g/mol. The molecule has 15 heavy (non-hydrogen) atoms. The van der Waals surface area contributed by atoms with Gasteiger partial charge < -0.3 is 20.6 Å². The van der Waals surface area contributed by atoms with Gasteiger partial charge in [-0.2, -0.15) is 0 Å². The Kier molecular flexibility index (Phi) is 4.50. The Hall–Kier alpha value is -0.650. The number of likely N-dealkylation sites (N-methyl/N-ethyl adjacent to an activating group) is 1. The van der Waals surface area contributed by atoms with E-state index in [1.54, 1.807) is 11.9 Å². The van der Waals surface area contributed by atoms with Crippen LogP contribution in [-0.2, 0) is 4.79 Å². The number of nitrogens with zero attached hydrogens (tertiary/aromatic N) is 2. The van der Waals surface area contributed by atoms with Gasteiger partial charge in [0.2, 0.25) is 0 Å². The van der Waals surface area contributed by atoms with Crippen LogP contribution in [-0.4, -0.2) is 67.2 Å². The number of aliphatic hydroxyl groups excluding tert-OH is 1. The molecule has 1 fully saturated rings. The van der Waals surface area contributed by atoms with E-state index in [1.807, 2.05) is 0 Å². The number of aliphatic hydroxyl groups is 1. The van der Waals surface area contributed by atoms with E-state index in [-0.39, 0.29) is 12.5 Å². The van der Waals surface area contributed by atoms with Gasteiger partial charge in [0.15, 0.2) is 0 Å². The topological polar surface area (TPSA) is 69.8 Å². The molecule has 3 N–H and O–H groups in total. The molecule has 0 aromatic carbocycles. The predicted octanol–water partition coefficient (Wildman–Crippen LogP) is -1.28. The molecule has 1 heterocycles. The van der Waals surface area contributed by atoms with E-state index in [0.29, 0.717) is 12.5 Å². The first kappa shape index (κ1) is 12.4.